The fourth-order valence-corrected chi connectivity index (χ4v) is 3.18. The normalized spacial score (nSPS) is 15.9. The van der Waals surface area contributed by atoms with Crippen molar-refractivity contribution in [2.75, 3.05) is 13.2 Å². The minimum atomic E-state index is -0.738. The number of halogens is 1. The SMILES string of the molecule is CCn1c(=O)c(-c2noc(C(=O)NC[C@H]3CCCO3)n2)nn(-c2ccc(F)cc2)c1=O. The molecule has 1 saturated heterocycles. The smallest absolute Gasteiger partial charge is 0.352 e. The number of ether oxygens (including phenoxy) is 1. The quantitative estimate of drug-likeness (QED) is 0.598. The molecule has 11 nitrogen and oxygen atoms in total. The number of hydrogen-bond acceptors (Lipinski definition) is 8. The highest BCUT2D eigenvalue weighted by Crippen LogP contribution is 2.12. The molecule has 0 spiro atoms. The first-order valence-corrected chi connectivity index (χ1v) is 9.72. The van der Waals surface area contributed by atoms with Gasteiger partial charge in [0.05, 0.1) is 11.8 Å². The molecule has 3 aromatic rings. The maximum atomic E-state index is 13.3. The number of rotatable bonds is 6. The van der Waals surface area contributed by atoms with Gasteiger partial charge in [0.15, 0.2) is 5.69 Å². The summed E-state index contributed by atoms with van der Waals surface area (Å²) in [4.78, 5) is 41.6. The molecule has 1 amide bonds. The minimum Gasteiger partial charge on any atom is -0.376 e. The second-order valence-corrected chi connectivity index (χ2v) is 6.84. The van der Waals surface area contributed by atoms with Crippen molar-refractivity contribution in [2.45, 2.75) is 32.4 Å². The number of carbonyl (C=O) groups is 1. The molecule has 1 aromatic carbocycles. The molecule has 12 heteroatoms. The molecular formula is C19H19FN6O5. The zero-order valence-electron chi connectivity index (χ0n) is 16.6. The number of nitrogens with zero attached hydrogens (tertiary/aromatic N) is 5. The van der Waals surface area contributed by atoms with Crippen LogP contribution in [0, 0.1) is 5.82 Å². The molecule has 31 heavy (non-hydrogen) atoms. The van der Waals surface area contributed by atoms with Crippen molar-refractivity contribution in [2.24, 2.45) is 0 Å². The lowest BCUT2D eigenvalue weighted by Gasteiger charge is -2.09. The highest BCUT2D eigenvalue weighted by molar-refractivity contribution is 5.89. The van der Waals surface area contributed by atoms with Gasteiger partial charge in [-0.3, -0.25) is 14.2 Å². The number of aromatic nitrogens is 5. The minimum absolute atomic E-state index is 0.0565. The summed E-state index contributed by atoms with van der Waals surface area (Å²) in [6.45, 7) is 2.63. The van der Waals surface area contributed by atoms with E-state index in [1.165, 1.54) is 12.1 Å². The van der Waals surface area contributed by atoms with Crippen LogP contribution < -0.4 is 16.6 Å². The van der Waals surface area contributed by atoms with Gasteiger partial charge in [-0.05, 0) is 44.0 Å². The Morgan fingerprint density at radius 3 is 2.74 bits per heavy atom. The van der Waals surface area contributed by atoms with Crippen molar-refractivity contribution in [3.63, 3.8) is 0 Å². The summed E-state index contributed by atoms with van der Waals surface area (Å²) in [5, 5.41) is 10.4. The highest BCUT2D eigenvalue weighted by Gasteiger charge is 2.23. The van der Waals surface area contributed by atoms with Gasteiger partial charge in [0.2, 0.25) is 5.82 Å². The molecule has 0 unspecified atom stereocenters. The summed E-state index contributed by atoms with van der Waals surface area (Å²) < 4.78 is 25.5. The average molecular weight is 430 g/mol. The Morgan fingerprint density at radius 2 is 2.06 bits per heavy atom. The standard InChI is InChI=1S/C19H19FN6O5/c1-2-25-18(28)14(23-26(19(25)29)12-7-5-11(20)6-8-12)15-22-17(31-24-15)16(27)21-10-13-4-3-9-30-13/h5-8,13H,2-4,9-10H2,1H3,(H,21,27)/t13-/m1/s1. The van der Waals surface area contributed by atoms with Gasteiger partial charge in [-0.1, -0.05) is 5.16 Å². The number of carbonyl (C=O) groups excluding carboxylic acids is 1. The Hall–Kier alpha value is -3.67. The molecule has 1 N–H and O–H groups in total. The van der Waals surface area contributed by atoms with Crippen molar-refractivity contribution in [1.29, 1.82) is 0 Å². The Kier molecular flexibility index (Phi) is 5.71. The van der Waals surface area contributed by atoms with E-state index in [1.54, 1.807) is 6.92 Å². The molecule has 3 heterocycles. The average Bonchev–Trinajstić information content (AvgIpc) is 3.46. The Bertz CT molecular complexity index is 1210. The van der Waals surface area contributed by atoms with Gasteiger partial charge in [0, 0.05) is 19.7 Å². The third kappa shape index (κ3) is 4.14. The molecule has 4 rings (SSSR count). The summed E-state index contributed by atoms with van der Waals surface area (Å²) in [5.74, 6) is -1.70. The lowest BCUT2D eigenvalue weighted by Crippen LogP contribution is -2.41. The molecule has 1 aliphatic rings. The van der Waals surface area contributed by atoms with Crippen LogP contribution in [0.1, 0.15) is 30.5 Å². The summed E-state index contributed by atoms with van der Waals surface area (Å²) in [7, 11) is 0. The zero-order valence-corrected chi connectivity index (χ0v) is 16.6. The van der Waals surface area contributed by atoms with Gasteiger partial charge in [0.25, 0.3) is 5.56 Å². The molecule has 162 valence electrons. The number of amides is 1. The monoisotopic (exact) mass is 430 g/mol. The number of nitrogens with one attached hydrogen (secondary N) is 1. The van der Waals surface area contributed by atoms with Gasteiger partial charge < -0.3 is 14.6 Å². The van der Waals surface area contributed by atoms with Crippen LogP contribution in [0.5, 0.6) is 0 Å². The number of benzene rings is 1. The summed E-state index contributed by atoms with van der Waals surface area (Å²) in [5.41, 5.74) is -1.49. The molecule has 1 atom stereocenters. The van der Waals surface area contributed by atoms with Crippen molar-refractivity contribution < 1.29 is 18.4 Å². The molecule has 1 aliphatic heterocycles. The van der Waals surface area contributed by atoms with Crippen LogP contribution in [0.15, 0.2) is 38.4 Å². The van der Waals surface area contributed by atoms with Crippen molar-refractivity contribution >= 4 is 5.91 Å². The third-order valence-electron chi connectivity index (χ3n) is 4.79. The third-order valence-corrected chi connectivity index (χ3v) is 4.79. The molecule has 0 saturated carbocycles. The van der Waals surface area contributed by atoms with Crippen molar-refractivity contribution in [3.8, 4) is 17.2 Å². The van der Waals surface area contributed by atoms with E-state index in [9.17, 15) is 18.8 Å². The van der Waals surface area contributed by atoms with Crippen LogP contribution in [0.2, 0.25) is 0 Å². The first kappa shape index (κ1) is 20.6. The van der Waals surface area contributed by atoms with Crippen LogP contribution in [0.4, 0.5) is 4.39 Å². The van der Waals surface area contributed by atoms with Crippen LogP contribution in [-0.4, -0.2) is 49.7 Å². The van der Waals surface area contributed by atoms with E-state index in [0.29, 0.717) is 13.2 Å². The van der Waals surface area contributed by atoms with Crippen LogP contribution in [0.3, 0.4) is 0 Å². The van der Waals surface area contributed by atoms with Crippen LogP contribution in [-0.2, 0) is 11.3 Å². The van der Waals surface area contributed by atoms with Crippen LogP contribution in [0.25, 0.3) is 17.2 Å². The maximum absolute atomic E-state index is 13.3. The molecule has 2 aromatic heterocycles. The Morgan fingerprint density at radius 1 is 1.29 bits per heavy atom. The molecule has 0 aliphatic carbocycles. The van der Waals surface area contributed by atoms with E-state index in [1.807, 2.05) is 0 Å². The first-order chi connectivity index (χ1) is 15.0. The van der Waals surface area contributed by atoms with E-state index in [-0.39, 0.29) is 35.7 Å². The predicted molar refractivity (Wildman–Crippen MR) is 104 cm³/mol. The van der Waals surface area contributed by atoms with Gasteiger partial charge >= 0.3 is 17.5 Å². The van der Waals surface area contributed by atoms with E-state index >= 15 is 0 Å². The second-order valence-electron chi connectivity index (χ2n) is 6.84. The number of hydrogen-bond donors (Lipinski definition) is 1. The van der Waals surface area contributed by atoms with E-state index in [0.717, 1.165) is 34.2 Å². The predicted octanol–water partition coefficient (Wildman–Crippen LogP) is 0.512. The summed E-state index contributed by atoms with van der Waals surface area (Å²) in [6.07, 6.45) is 1.72. The van der Waals surface area contributed by atoms with E-state index in [2.05, 4.69) is 20.6 Å². The fourth-order valence-electron chi connectivity index (χ4n) is 3.18. The molecular weight excluding hydrogens is 411 g/mol. The van der Waals surface area contributed by atoms with Crippen molar-refractivity contribution in [3.05, 3.63) is 56.8 Å². The lowest BCUT2D eigenvalue weighted by molar-refractivity contribution is 0.0822. The summed E-state index contributed by atoms with van der Waals surface area (Å²) in [6, 6.07) is 5.01. The molecule has 1 fully saturated rings. The maximum Gasteiger partial charge on any atom is 0.352 e. The van der Waals surface area contributed by atoms with E-state index < -0.39 is 23.0 Å². The lowest BCUT2D eigenvalue weighted by atomic mass is 10.2. The molecule has 0 bridgehead atoms. The molecule has 0 radical (unpaired) electrons. The van der Waals surface area contributed by atoms with Gasteiger partial charge in [-0.15, -0.1) is 0 Å². The van der Waals surface area contributed by atoms with E-state index in [4.69, 9.17) is 9.26 Å². The first-order valence-electron chi connectivity index (χ1n) is 9.72. The highest BCUT2D eigenvalue weighted by atomic mass is 19.1. The Labute approximate surface area is 174 Å². The van der Waals surface area contributed by atoms with Gasteiger partial charge in [-0.25, -0.2) is 9.18 Å². The summed E-state index contributed by atoms with van der Waals surface area (Å²) >= 11 is 0. The topological polar surface area (TPSA) is 134 Å². The van der Waals surface area contributed by atoms with Gasteiger partial charge in [0.1, 0.15) is 5.82 Å². The fraction of sp³-hybridized carbons (Fsp3) is 0.368. The Balaban J connectivity index is 1.67. The zero-order chi connectivity index (χ0) is 22.0. The van der Waals surface area contributed by atoms with Gasteiger partial charge in [-0.2, -0.15) is 14.8 Å². The van der Waals surface area contributed by atoms with Crippen molar-refractivity contribution in [1.82, 2.24) is 29.8 Å². The van der Waals surface area contributed by atoms with Crippen LogP contribution >= 0.6 is 0 Å². The largest absolute Gasteiger partial charge is 0.376 e. The second kappa shape index (κ2) is 8.60.